The normalized spacial score (nSPS) is 34.0. The molecule has 162 valence electrons. The molecule has 0 aromatic heterocycles. The average Bonchev–Trinajstić information content (AvgIpc) is 3.17. The molecule has 6 atom stereocenters. The molecule has 3 N–H and O–H groups in total. The number of hydrogen-bond acceptors (Lipinski definition) is 7. The molecular weight excluding hydrogens is 360 g/mol. The van der Waals surface area contributed by atoms with E-state index in [4.69, 9.17) is 4.74 Å². The average molecular weight is 399 g/mol. The van der Waals surface area contributed by atoms with Gasteiger partial charge in [0.2, 0.25) is 0 Å². The molecular formula is C19H38N6O3. The van der Waals surface area contributed by atoms with E-state index in [1.165, 1.54) is 7.11 Å². The highest BCUT2D eigenvalue weighted by Gasteiger charge is 2.51. The molecule has 0 aliphatic carbocycles. The number of fused-ring (bicyclic) bond motifs is 1. The molecule has 9 heteroatoms. The van der Waals surface area contributed by atoms with Gasteiger partial charge in [0.05, 0.1) is 37.9 Å². The summed E-state index contributed by atoms with van der Waals surface area (Å²) in [5.41, 5.74) is 3.29. The third kappa shape index (κ3) is 4.42. The van der Waals surface area contributed by atoms with Gasteiger partial charge in [0.15, 0.2) is 0 Å². The molecule has 3 heterocycles. The Hall–Kier alpha value is -1.42. The first-order valence-electron chi connectivity index (χ1n) is 10.5. The summed E-state index contributed by atoms with van der Waals surface area (Å²) in [7, 11) is 3.39. The molecule has 9 nitrogen and oxygen atoms in total. The molecule has 0 radical (unpaired) electrons. The molecule has 3 aliphatic rings. The number of urea groups is 1. The number of methoxy groups -OCH3 is 1. The van der Waals surface area contributed by atoms with E-state index in [0.717, 1.165) is 6.42 Å². The number of piperidine rings is 1. The SMILES string of the molecule is CC.CCC(C)N1C(=O)N(CC2NC(C)NN2C)C2CC(C(=O)OC)CNC21. The fraction of sp³-hybridized carbons (Fsp3) is 0.895. The zero-order valence-corrected chi connectivity index (χ0v) is 18.4. The minimum atomic E-state index is -0.222. The predicted octanol–water partition coefficient (Wildman–Crippen LogP) is 0.738. The van der Waals surface area contributed by atoms with E-state index in [9.17, 15) is 9.59 Å². The molecule has 0 spiro atoms. The summed E-state index contributed by atoms with van der Waals surface area (Å²) in [6.45, 7) is 11.3. The van der Waals surface area contributed by atoms with Crippen molar-refractivity contribution in [2.75, 3.05) is 27.2 Å². The fourth-order valence-electron chi connectivity index (χ4n) is 4.31. The Morgan fingerprint density at radius 3 is 2.57 bits per heavy atom. The van der Waals surface area contributed by atoms with Crippen molar-refractivity contribution in [2.45, 2.75) is 78.0 Å². The predicted molar refractivity (Wildman–Crippen MR) is 108 cm³/mol. The second kappa shape index (κ2) is 9.87. The molecule has 3 aliphatic heterocycles. The highest BCUT2D eigenvalue weighted by molar-refractivity contribution is 5.79. The van der Waals surface area contributed by atoms with Crippen molar-refractivity contribution in [3.63, 3.8) is 0 Å². The number of carbonyl (C=O) groups is 2. The van der Waals surface area contributed by atoms with Crippen LogP contribution in [-0.4, -0.2) is 84.6 Å². The molecule has 3 saturated heterocycles. The Morgan fingerprint density at radius 1 is 1.36 bits per heavy atom. The Morgan fingerprint density at radius 2 is 2.04 bits per heavy atom. The highest BCUT2D eigenvalue weighted by atomic mass is 16.5. The number of hydrogen-bond donors (Lipinski definition) is 3. The summed E-state index contributed by atoms with van der Waals surface area (Å²) in [6, 6.07) is 0.149. The maximum atomic E-state index is 13.2. The third-order valence-electron chi connectivity index (χ3n) is 5.91. The molecule has 3 fully saturated rings. The Labute approximate surface area is 169 Å². The van der Waals surface area contributed by atoms with Crippen molar-refractivity contribution in [2.24, 2.45) is 5.92 Å². The van der Waals surface area contributed by atoms with E-state index in [2.05, 4.69) is 29.9 Å². The van der Waals surface area contributed by atoms with Gasteiger partial charge >= 0.3 is 12.0 Å². The van der Waals surface area contributed by atoms with Crippen LogP contribution in [0.3, 0.4) is 0 Å². The van der Waals surface area contributed by atoms with Crippen molar-refractivity contribution in [3.05, 3.63) is 0 Å². The van der Waals surface area contributed by atoms with Gasteiger partial charge in [0.1, 0.15) is 6.17 Å². The van der Waals surface area contributed by atoms with Gasteiger partial charge < -0.3 is 14.5 Å². The van der Waals surface area contributed by atoms with Gasteiger partial charge in [-0.25, -0.2) is 15.2 Å². The van der Waals surface area contributed by atoms with Gasteiger partial charge in [0, 0.05) is 19.6 Å². The van der Waals surface area contributed by atoms with Gasteiger partial charge in [-0.1, -0.05) is 20.8 Å². The third-order valence-corrected chi connectivity index (χ3v) is 5.91. The lowest BCUT2D eigenvalue weighted by atomic mass is 9.92. The standard InChI is InChI=1S/C17H32N6O3.C2H6/c1-6-10(2)23-15-13(7-12(8-18-15)16(24)26-5)22(17(23)25)9-14-19-11(3)20-21(14)4;1-2/h10-15,18-20H,6-9H2,1-5H3;1-2H3. The first-order valence-corrected chi connectivity index (χ1v) is 10.5. The van der Waals surface area contributed by atoms with Crippen molar-refractivity contribution in [3.8, 4) is 0 Å². The Kier molecular flexibility index (Phi) is 8.06. The van der Waals surface area contributed by atoms with Crippen LogP contribution in [0.15, 0.2) is 0 Å². The van der Waals surface area contributed by atoms with Gasteiger partial charge in [-0.15, -0.1) is 0 Å². The topological polar surface area (TPSA) is 89.2 Å². The Bertz CT molecular complexity index is 548. The fourth-order valence-corrected chi connectivity index (χ4v) is 4.31. The lowest BCUT2D eigenvalue weighted by molar-refractivity contribution is -0.147. The first-order chi connectivity index (χ1) is 13.4. The van der Waals surface area contributed by atoms with E-state index < -0.39 is 0 Å². The number of carbonyl (C=O) groups excluding carboxylic acids is 2. The van der Waals surface area contributed by atoms with Gasteiger partial charge in [-0.3, -0.25) is 15.4 Å². The largest absolute Gasteiger partial charge is 0.469 e. The zero-order chi connectivity index (χ0) is 21.0. The molecule has 28 heavy (non-hydrogen) atoms. The second-order valence-electron chi connectivity index (χ2n) is 7.62. The number of amides is 2. The van der Waals surface area contributed by atoms with E-state index in [1.807, 2.05) is 42.6 Å². The van der Waals surface area contributed by atoms with Crippen LogP contribution in [0.1, 0.15) is 47.5 Å². The lowest BCUT2D eigenvalue weighted by Crippen LogP contribution is -2.58. The number of hydrazine groups is 1. The monoisotopic (exact) mass is 398 g/mol. The smallest absolute Gasteiger partial charge is 0.322 e. The molecule has 0 aromatic rings. The number of likely N-dealkylation sites (N-methyl/N-ethyl adjacent to an activating group) is 1. The number of esters is 1. The maximum Gasteiger partial charge on any atom is 0.322 e. The minimum Gasteiger partial charge on any atom is -0.469 e. The van der Waals surface area contributed by atoms with Crippen molar-refractivity contribution in [1.82, 2.24) is 30.9 Å². The second-order valence-corrected chi connectivity index (χ2v) is 7.62. The highest BCUT2D eigenvalue weighted by Crippen LogP contribution is 2.32. The summed E-state index contributed by atoms with van der Waals surface area (Å²) < 4.78 is 4.93. The Balaban J connectivity index is 0.00000136. The van der Waals surface area contributed by atoms with Gasteiger partial charge in [-0.2, -0.15) is 0 Å². The van der Waals surface area contributed by atoms with Crippen LogP contribution in [0.25, 0.3) is 0 Å². The van der Waals surface area contributed by atoms with Crippen molar-refractivity contribution >= 4 is 12.0 Å². The number of rotatable bonds is 5. The van der Waals surface area contributed by atoms with E-state index in [0.29, 0.717) is 19.5 Å². The van der Waals surface area contributed by atoms with E-state index in [1.54, 1.807) is 0 Å². The van der Waals surface area contributed by atoms with Gasteiger partial charge in [0.25, 0.3) is 0 Å². The molecule has 0 bridgehead atoms. The van der Waals surface area contributed by atoms with Crippen LogP contribution in [0, 0.1) is 5.92 Å². The van der Waals surface area contributed by atoms with Crippen LogP contribution in [0.5, 0.6) is 0 Å². The molecule has 3 rings (SSSR count). The summed E-state index contributed by atoms with van der Waals surface area (Å²) in [6.07, 6.45) is 1.66. The van der Waals surface area contributed by atoms with Crippen LogP contribution >= 0.6 is 0 Å². The number of ether oxygens (including phenoxy) is 1. The van der Waals surface area contributed by atoms with Crippen LogP contribution in [-0.2, 0) is 9.53 Å². The van der Waals surface area contributed by atoms with Crippen molar-refractivity contribution < 1.29 is 14.3 Å². The van der Waals surface area contributed by atoms with Crippen LogP contribution < -0.4 is 16.1 Å². The zero-order valence-electron chi connectivity index (χ0n) is 18.4. The molecule has 0 saturated carbocycles. The lowest BCUT2D eigenvalue weighted by Gasteiger charge is -2.38. The van der Waals surface area contributed by atoms with Crippen LogP contribution in [0.4, 0.5) is 4.79 Å². The number of nitrogens with one attached hydrogen (secondary N) is 3. The molecule has 0 aromatic carbocycles. The first kappa shape index (κ1) is 22.9. The van der Waals surface area contributed by atoms with Crippen LogP contribution in [0.2, 0.25) is 0 Å². The quantitative estimate of drug-likeness (QED) is 0.589. The van der Waals surface area contributed by atoms with Gasteiger partial charge in [-0.05, 0) is 26.7 Å². The summed E-state index contributed by atoms with van der Waals surface area (Å²) >= 11 is 0. The molecule has 6 unspecified atom stereocenters. The minimum absolute atomic E-state index is 0.0324. The molecule has 2 amide bonds. The van der Waals surface area contributed by atoms with Crippen molar-refractivity contribution in [1.29, 1.82) is 0 Å². The summed E-state index contributed by atoms with van der Waals surface area (Å²) in [4.78, 5) is 29.1. The summed E-state index contributed by atoms with van der Waals surface area (Å²) in [5, 5.41) is 8.88. The summed E-state index contributed by atoms with van der Waals surface area (Å²) in [5.74, 6) is -0.434. The van der Waals surface area contributed by atoms with E-state index >= 15 is 0 Å². The van der Waals surface area contributed by atoms with E-state index in [-0.39, 0.29) is 48.5 Å². The number of nitrogens with zero attached hydrogens (tertiary/aromatic N) is 3. The maximum absolute atomic E-state index is 13.2.